The highest BCUT2D eigenvalue weighted by molar-refractivity contribution is 7.19. The number of fused-ring (bicyclic) bond motifs is 5. The first-order valence-electron chi connectivity index (χ1n) is 7.82. The van der Waals surface area contributed by atoms with Crippen molar-refractivity contribution in [1.29, 1.82) is 0 Å². The predicted molar refractivity (Wildman–Crippen MR) is 86.8 cm³/mol. The minimum atomic E-state index is -0.320. The molecule has 0 aliphatic heterocycles. The van der Waals surface area contributed by atoms with Crippen LogP contribution in [0.15, 0.2) is 6.33 Å². The first-order chi connectivity index (χ1) is 11.3. The standard InChI is InChI=1S/C15H17N5O2S/c21-7-3-6-16-14(22)12-18-13-11-9-4-1-2-5-10(9)23-15(11)17-8-20(13)19-12/h8,21H,1-7H2,(H,16,22). The highest BCUT2D eigenvalue weighted by Crippen LogP contribution is 2.36. The summed E-state index contributed by atoms with van der Waals surface area (Å²) in [6.07, 6.45) is 6.69. The van der Waals surface area contributed by atoms with Gasteiger partial charge in [0, 0.05) is 18.0 Å². The molecule has 3 aromatic rings. The maximum Gasteiger partial charge on any atom is 0.290 e. The quantitative estimate of drug-likeness (QED) is 0.704. The zero-order valence-electron chi connectivity index (χ0n) is 12.6. The number of rotatable bonds is 4. The second-order valence-corrected chi connectivity index (χ2v) is 6.76. The van der Waals surface area contributed by atoms with Gasteiger partial charge in [-0.15, -0.1) is 16.4 Å². The number of carbonyl (C=O) groups excluding carboxylic acids is 1. The van der Waals surface area contributed by atoms with Gasteiger partial charge in [-0.25, -0.2) is 14.5 Å². The lowest BCUT2D eigenvalue weighted by atomic mass is 9.97. The van der Waals surface area contributed by atoms with E-state index >= 15 is 0 Å². The van der Waals surface area contributed by atoms with Crippen LogP contribution in [0.4, 0.5) is 0 Å². The Balaban J connectivity index is 1.77. The van der Waals surface area contributed by atoms with Gasteiger partial charge in [-0.1, -0.05) is 0 Å². The van der Waals surface area contributed by atoms with Crippen LogP contribution >= 0.6 is 11.3 Å². The lowest BCUT2D eigenvalue weighted by Gasteiger charge is -2.09. The van der Waals surface area contributed by atoms with Crippen molar-refractivity contribution in [2.24, 2.45) is 0 Å². The molecule has 3 aromatic heterocycles. The molecule has 0 radical (unpaired) electrons. The highest BCUT2D eigenvalue weighted by atomic mass is 32.1. The molecule has 1 aliphatic rings. The number of aryl methyl sites for hydroxylation is 2. The van der Waals surface area contributed by atoms with E-state index in [2.05, 4.69) is 20.4 Å². The van der Waals surface area contributed by atoms with E-state index in [1.54, 1.807) is 22.2 Å². The number of hydrogen-bond acceptors (Lipinski definition) is 6. The minimum absolute atomic E-state index is 0.0461. The van der Waals surface area contributed by atoms with Crippen molar-refractivity contribution in [3.05, 3.63) is 22.6 Å². The van der Waals surface area contributed by atoms with Crippen LogP contribution in [0.1, 0.15) is 40.3 Å². The maximum absolute atomic E-state index is 12.1. The van der Waals surface area contributed by atoms with Gasteiger partial charge in [-0.3, -0.25) is 4.79 Å². The van der Waals surface area contributed by atoms with Crippen LogP contribution in [0.3, 0.4) is 0 Å². The Morgan fingerprint density at radius 3 is 3.13 bits per heavy atom. The normalized spacial score (nSPS) is 14.3. The van der Waals surface area contributed by atoms with Crippen LogP contribution < -0.4 is 5.32 Å². The first-order valence-corrected chi connectivity index (χ1v) is 8.64. The molecule has 4 rings (SSSR count). The van der Waals surface area contributed by atoms with Crippen LogP contribution in [0, 0.1) is 0 Å². The summed E-state index contributed by atoms with van der Waals surface area (Å²) in [5.41, 5.74) is 2.04. The van der Waals surface area contributed by atoms with Crippen molar-refractivity contribution in [2.45, 2.75) is 32.1 Å². The van der Waals surface area contributed by atoms with Crippen LogP contribution in [0.5, 0.6) is 0 Å². The van der Waals surface area contributed by atoms with E-state index < -0.39 is 0 Å². The maximum atomic E-state index is 12.1. The summed E-state index contributed by atoms with van der Waals surface area (Å²) in [5.74, 6) is -0.174. The fraction of sp³-hybridized carbons (Fsp3) is 0.467. The summed E-state index contributed by atoms with van der Waals surface area (Å²) in [6, 6.07) is 0. The number of nitrogens with one attached hydrogen (secondary N) is 1. The fourth-order valence-corrected chi connectivity index (χ4v) is 4.23. The monoisotopic (exact) mass is 331 g/mol. The Kier molecular flexibility index (Phi) is 3.70. The van der Waals surface area contributed by atoms with Gasteiger partial charge >= 0.3 is 0 Å². The number of hydrogen-bond donors (Lipinski definition) is 2. The van der Waals surface area contributed by atoms with Crippen LogP contribution in [0.25, 0.3) is 15.9 Å². The molecule has 23 heavy (non-hydrogen) atoms. The fourth-order valence-electron chi connectivity index (χ4n) is 3.01. The minimum Gasteiger partial charge on any atom is -0.396 e. The first kappa shape index (κ1) is 14.5. The molecule has 0 bridgehead atoms. The topological polar surface area (TPSA) is 92.4 Å². The Labute approximate surface area is 136 Å². The lowest BCUT2D eigenvalue weighted by molar-refractivity contribution is 0.0941. The highest BCUT2D eigenvalue weighted by Gasteiger charge is 2.21. The molecule has 120 valence electrons. The van der Waals surface area contributed by atoms with E-state index in [0.29, 0.717) is 18.6 Å². The average Bonchev–Trinajstić information content (AvgIpc) is 3.15. The molecule has 0 saturated heterocycles. The summed E-state index contributed by atoms with van der Waals surface area (Å²) < 4.78 is 1.59. The van der Waals surface area contributed by atoms with Gasteiger partial charge in [0.15, 0.2) is 5.65 Å². The lowest BCUT2D eigenvalue weighted by Crippen LogP contribution is -2.26. The Morgan fingerprint density at radius 2 is 2.26 bits per heavy atom. The molecule has 1 aliphatic carbocycles. The van der Waals surface area contributed by atoms with E-state index in [-0.39, 0.29) is 18.3 Å². The molecule has 0 saturated carbocycles. The average molecular weight is 331 g/mol. The molecule has 7 nitrogen and oxygen atoms in total. The van der Waals surface area contributed by atoms with E-state index in [4.69, 9.17) is 5.11 Å². The third-order valence-electron chi connectivity index (χ3n) is 4.12. The SMILES string of the molecule is O=C(NCCCO)c1nc2c3c4c(sc3ncn2n1)CCCC4. The van der Waals surface area contributed by atoms with Crippen LogP contribution in [-0.4, -0.2) is 43.7 Å². The van der Waals surface area contributed by atoms with Crippen molar-refractivity contribution in [1.82, 2.24) is 24.9 Å². The molecule has 0 unspecified atom stereocenters. The number of amides is 1. The second-order valence-electron chi connectivity index (χ2n) is 5.67. The third-order valence-corrected chi connectivity index (χ3v) is 5.32. The largest absolute Gasteiger partial charge is 0.396 e. The summed E-state index contributed by atoms with van der Waals surface area (Å²) in [5, 5.41) is 16.8. The summed E-state index contributed by atoms with van der Waals surface area (Å²) in [6.45, 7) is 0.455. The van der Waals surface area contributed by atoms with Gasteiger partial charge in [0.05, 0.1) is 5.39 Å². The molecular weight excluding hydrogens is 314 g/mol. The van der Waals surface area contributed by atoms with Gasteiger partial charge in [0.1, 0.15) is 11.2 Å². The molecule has 0 atom stereocenters. The van der Waals surface area contributed by atoms with Crippen molar-refractivity contribution < 1.29 is 9.90 Å². The Hall–Kier alpha value is -2.06. The molecule has 1 amide bonds. The van der Waals surface area contributed by atoms with Crippen LogP contribution in [-0.2, 0) is 12.8 Å². The molecular formula is C15H17N5O2S. The molecule has 2 N–H and O–H groups in total. The van der Waals surface area contributed by atoms with Gasteiger partial charge in [-0.2, -0.15) is 0 Å². The van der Waals surface area contributed by atoms with Crippen molar-refractivity contribution >= 4 is 33.1 Å². The number of aromatic nitrogens is 4. The van der Waals surface area contributed by atoms with E-state index in [1.165, 1.54) is 23.3 Å². The summed E-state index contributed by atoms with van der Waals surface area (Å²) in [4.78, 5) is 23.4. The van der Waals surface area contributed by atoms with Gasteiger partial charge in [-0.05, 0) is 37.7 Å². The Morgan fingerprint density at radius 1 is 1.39 bits per heavy atom. The summed E-state index contributed by atoms with van der Waals surface area (Å²) in [7, 11) is 0. The second kappa shape index (κ2) is 5.86. The van der Waals surface area contributed by atoms with Gasteiger partial charge in [0.2, 0.25) is 5.82 Å². The summed E-state index contributed by atoms with van der Waals surface area (Å²) >= 11 is 1.73. The molecule has 0 aromatic carbocycles. The number of thiophene rings is 1. The van der Waals surface area contributed by atoms with Crippen molar-refractivity contribution in [2.75, 3.05) is 13.2 Å². The van der Waals surface area contributed by atoms with Gasteiger partial charge < -0.3 is 10.4 Å². The van der Waals surface area contributed by atoms with E-state index in [1.807, 2.05) is 0 Å². The molecule has 0 spiro atoms. The Bertz CT molecular complexity index is 885. The number of carbonyl (C=O) groups is 1. The zero-order chi connectivity index (χ0) is 15.8. The van der Waals surface area contributed by atoms with Crippen molar-refractivity contribution in [3.8, 4) is 0 Å². The molecule has 0 fully saturated rings. The predicted octanol–water partition coefficient (Wildman–Crippen LogP) is 1.33. The van der Waals surface area contributed by atoms with Gasteiger partial charge in [0.25, 0.3) is 5.91 Å². The van der Waals surface area contributed by atoms with E-state index in [9.17, 15) is 4.79 Å². The molecule has 8 heteroatoms. The number of nitrogens with zero attached hydrogens (tertiary/aromatic N) is 4. The molecule has 3 heterocycles. The smallest absolute Gasteiger partial charge is 0.290 e. The van der Waals surface area contributed by atoms with E-state index in [0.717, 1.165) is 23.1 Å². The third kappa shape index (κ3) is 2.47. The number of aliphatic hydroxyl groups is 1. The number of aliphatic hydroxyl groups excluding tert-OH is 1. The zero-order valence-corrected chi connectivity index (χ0v) is 13.4. The van der Waals surface area contributed by atoms with Crippen molar-refractivity contribution in [3.63, 3.8) is 0 Å². The van der Waals surface area contributed by atoms with Crippen LogP contribution in [0.2, 0.25) is 0 Å².